The second-order valence-electron chi connectivity index (χ2n) is 6.03. The molecule has 0 saturated heterocycles. The molecular weight excluding hydrogens is 276 g/mol. The summed E-state index contributed by atoms with van der Waals surface area (Å²) in [6.45, 7) is -2.16. The zero-order valence-corrected chi connectivity index (χ0v) is 12.1. The minimum atomic E-state index is -2.84. The van der Waals surface area contributed by atoms with Gasteiger partial charge in [-0.1, -0.05) is 12.5 Å². The van der Waals surface area contributed by atoms with Gasteiger partial charge in [-0.25, -0.2) is 0 Å². The molecule has 116 valence electrons. The lowest BCUT2D eigenvalue weighted by Crippen LogP contribution is -2.33. The van der Waals surface area contributed by atoms with E-state index in [2.05, 4.69) is 10.1 Å². The summed E-state index contributed by atoms with van der Waals surface area (Å²) in [4.78, 5) is 0. The van der Waals surface area contributed by atoms with Crippen LogP contribution >= 0.6 is 0 Å². The number of fused-ring (bicyclic) bond motifs is 2. The summed E-state index contributed by atoms with van der Waals surface area (Å²) >= 11 is 0. The molecular formula is C16H21F2NO2. The first-order chi connectivity index (χ1) is 10.2. The SMILES string of the molecule is COc1ccc(CNC2CC3CCC2C3)cc1OC(F)F. The van der Waals surface area contributed by atoms with E-state index in [0.29, 0.717) is 18.3 Å². The molecule has 1 aromatic carbocycles. The summed E-state index contributed by atoms with van der Waals surface area (Å²) in [5, 5.41) is 3.56. The van der Waals surface area contributed by atoms with Crippen LogP contribution in [0.25, 0.3) is 0 Å². The van der Waals surface area contributed by atoms with Crippen LogP contribution in [0.3, 0.4) is 0 Å². The van der Waals surface area contributed by atoms with Crippen molar-refractivity contribution >= 4 is 0 Å². The van der Waals surface area contributed by atoms with Crippen LogP contribution in [0.2, 0.25) is 0 Å². The first kappa shape index (κ1) is 14.6. The van der Waals surface area contributed by atoms with Gasteiger partial charge in [0.2, 0.25) is 0 Å². The Kier molecular flexibility index (Phi) is 4.29. The Morgan fingerprint density at radius 2 is 2.10 bits per heavy atom. The van der Waals surface area contributed by atoms with Crippen molar-refractivity contribution in [3.8, 4) is 11.5 Å². The molecule has 21 heavy (non-hydrogen) atoms. The largest absolute Gasteiger partial charge is 0.493 e. The zero-order chi connectivity index (χ0) is 14.8. The van der Waals surface area contributed by atoms with Gasteiger partial charge in [-0.05, 0) is 48.8 Å². The minimum Gasteiger partial charge on any atom is -0.493 e. The van der Waals surface area contributed by atoms with Crippen LogP contribution in [0, 0.1) is 11.8 Å². The van der Waals surface area contributed by atoms with E-state index in [0.717, 1.165) is 17.4 Å². The van der Waals surface area contributed by atoms with Gasteiger partial charge >= 0.3 is 6.61 Å². The third-order valence-electron chi connectivity index (χ3n) is 4.75. The molecule has 1 N–H and O–H groups in total. The highest BCUT2D eigenvalue weighted by Gasteiger charge is 2.38. The Bertz CT molecular complexity index is 495. The van der Waals surface area contributed by atoms with Gasteiger partial charge in [0.05, 0.1) is 7.11 Å². The molecule has 2 fully saturated rings. The van der Waals surface area contributed by atoms with Crippen molar-refractivity contribution < 1.29 is 18.3 Å². The summed E-state index contributed by atoms with van der Waals surface area (Å²) < 4.78 is 34.4. The van der Waals surface area contributed by atoms with E-state index < -0.39 is 6.61 Å². The number of hydrogen-bond acceptors (Lipinski definition) is 3. The summed E-state index contributed by atoms with van der Waals surface area (Å²) in [5.74, 6) is 2.12. The third-order valence-corrected chi connectivity index (χ3v) is 4.75. The molecule has 2 bridgehead atoms. The van der Waals surface area contributed by atoms with E-state index in [1.807, 2.05) is 6.07 Å². The van der Waals surface area contributed by atoms with Crippen molar-refractivity contribution in [2.24, 2.45) is 11.8 Å². The van der Waals surface area contributed by atoms with Crippen LogP contribution in [-0.4, -0.2) is 19.8 Å². The first-order valence-electron chi connectivity index (χ1n) is 7.51. The lowest BCUT2D eigenvalue weighted by atomic mass is 9.95. The molecule has 3 nitrogen and oxygen atoms in total. The summed E-state index contributed by atoms with van der Waals surface area (Å²) in [5.41, 5.74) is 0.939. The number of halogens is 2. The fraction of sp³-hybridized carbons (Fsp3) is 0.625. The summed E-state index contributed by atoms with van der Waals surface area (Å²) in [7, 11) is 1.45. The van der Waals surface area contributed by atoms with Crippen LogP contribution in [0.15, 0.2) is 18.2 Å². The number of alkyl halides is 2. The molecule has 0 amide bonds. The normalized spacial score (nSPS) is 27.3. The van der Waals surface area contributed by atoms with Crippen molar-refractivity contribution in [3.63, 3.8) is 0 Å². The molecule has 3 unspecified atom stereocenters. The Labute approximate surface area is 123 Å². The van der Waals surface area contributed by atoms with Gasteiger partial charge in [0.1, 0.15) is 0 Å². The van der Waals surface area contributed by atoms with E-state index in [-0.39, 0.29) is 5.75 Å². The fourth-order valence-corrected chi connectivity index (χ4v) is 3.76. The van der Waals surface area contributed by atoms with E-state index >= 15 is 0 Å². The predicted molar refractivity (Wildman–Crippen MR) is 75.7 cm³/mol. The zero-order valence-electron chi connectivity index (χ0n) is 12.1. The Balaban J connectivity index is 1.62. The molecule has 2 aliphatic rings. The van der Waals surface area contributed by atoms with E-state index in [1.54, 1.807) is 12.1 Å². The van der Waals surface area contributed by atoms with E-state index in [1.165, 1.54) is 32.8 Å². The molecule has 0 heterocycles. The predicted octanol–water partition coefficient (Wildman–Crippen LogP) is 3.57. The molecule has 1 aromatic rings. The van der Waals surface area contributed by atoms with Crippen molar-refractivity contribution in [2.75, 3.05) is 7.11 Å². The standard InChI is InChI=1S/C16H21F2NO2/c1-20-14-5-3-11(8-15(14)21-16(17)18)9-19-13-7-10-2-4-12(13)6-10/h3,5,8,10,12-13,16,19H,2,4,6-7,9H2,1H3. The molecule has 0 aliphatic heterocycles. The van der Waals surface area contributed by atoms with Gasteiger partial charge in [-0.3, -0.25) is 0 Å². The number of ether oxygens (including phenoxy) is 2. The fourth-order valence-electron chi connectivity index (χ4n) is 3.76. The molecule has 0 radical (unpaired) electrons. The average molecular weight is 297 g/mol. The Hall–Kier alpha value is -1.36. The van der Waals surface area contributed by atoms with Gasteiger partial charge in [0.25, 0.3) is 0 Å². The smallest absolute Gasteiger partial charge is 0.387 e. The lowest BCUT2D eigenvalue weighted by molar-refractivity contribution is -0.0512. The van der Waals surface area contributed by atoms with Crippen LogP contribution in [-0.2, 0) is 6.54 Å². The van der Waals surface area contributed by atoms with Gasteiger partial charge in [0.15, 0.2) is 11.5 Å². The second kappa shape index (κ2) is 6.18. The van der Waals surface area contributed by atoms with Gasteiger partial charge in [-0.15, -0.1) is 0 Å². The highest BCUT2D eigenvalue weighted by atomic mass is 19.3. The van der Waals surface area contributed by atoms with Crippen LogP contribution in [0.4, 0.5) is 8.78 Å². The molecule has 5 heteroatoms. The number of rotatable bonds is 6. The molecule has 0 spiro atoms. The third kappa shape index (κ3) is 3.28. The van der Waals surface area contributed by atoms with Gasteiger partial charge < -0.3 is 14.8 Å². The van der Waals surface area contributed by atoms with Crippen molar-refractivity contribution in [2.45, 2.75) is 44.9 Å². The maximum Gasteiger partial charge on any atom is 0.387 e. The van der Waals surface area contributed by atoms with Crippen molar-refractivity contribution in [1.29, 1.82) is 0 Å². The average Bonchev–Trinajstić information content (AvgIpc) is 3.07. The number of benzene rings is 1. The van der Waals surface area contributed by atoms with Crippen LogP contribution < -0.4 is 14.8 Å². The topological polar surface area (TPSA) is 30.5 Å². The molecule has 3 rings (SSSR count). The van der Waals surface area contributed by atoms with Crippen molar-refractivity contribution in [1.82, 2.24) is 5.32 Å². The number of nitrogens with one attached hydrogen (secondary N) is 1. The molecule has 2 saturated carbocycles. The monoisotopic (exact) mass is 297 g/mol. The summed E-state index contributed by atoms with van der Waals surface area (Å²) in [6.07, 6.45) is 5.30. The van der Waals surface area contributed by atoms with E-state index in [9.17, 15) is 8.78 Å². The van der Waals surface area contributed by atoms with Crippen molar-refractivity contribution in [3.05, 3.63) is 23.8 Å². The summed E-state index contributed by atoms with van der Waals surface area (Å²) in [6, 6.07) is 5.77. The molecule has 0 aromatic heterocycles. The van der Waals surface area contributed by atoms with E-state index in [4.69, 9.17) is 4.74 Å². The Morgan fingerprint density at radius 1 is 1.24 bits per heavy atom. The quantitative estimate of drug-likeness (QED) is 0.870. The molecule has 2 aliphatic carbocycles. The van der Waals surface area contributed by atoms with Gasteiger partial charge in [0, 0.05) is 12.6 Å². The number of methoxy groups -OCH3 is 1. The minimum absolute atomic E-state index is 0.0970. The maximum atomic E-state index is 12.4. The van der Waals surface area contributed by atoms with Gasteiger partial charge in [-0.2, -0.15) is 8.78 Å². The van der Waals surface area contributed by atoms with Crippen LogP contribution in [0.5, 0.6) is 11.5 Å². The highest BCUT2D eigenvalue weighted by molar-refractivity contribution is 5.43. The second-order valence-corrected chi connectivity index (χ2v) is 6.03. The number of hydrogen-bond donors (Lipinski definition) is 1. The lowest BCUT2D eigenvalue weighted by Gasteiger charge is -2.23. The van der Waals surface area contributed by atoms with Crippen LogP contribution in [0.1, 0.15) is 31.2 Å². The maximum absolute atomic E-state index is 12.4. The first-order valence-corrected chi connectivity index (χ1v) is 7.51. The highest BCUT2D eigenvalue weighted by Crippen LogP contribution is 2.44. The molecule has 3 atom stereocenters. The Morgan fingerprint density at radius 3 is 2.71 bits per heavy atom.